The van der Waals surface area contributed by atoms with Crippen LogP contribution >= 0.6 is 23.1 Å². The number of aromatic nitrogens is 2. The molecule has 0 radical (unpaired) electrons. The number of anilines is 1. The molecule has 3 rings (SSSR count). The number of nitrogens with one attached hydrogen (secondary N) is 1. The van der Waals surface area contributed by atoms with Gasteiger partial charge in [0, 0.05) is 10.8 Å². The Labute approximate surface area is 159 Å². The van der Waals surface area contributed by atoms with Crippen LogP contribution in [0.2, 0.25) is 0 Å². The molecule has 8 heteroatoms. The maximum atomic E-state index is 12.2. The fourth-order valence-corrected chi connectivity index (χ4v) is 4.13. The number of fused-ring (bicyclic) bond motifs is 1. The Balaban J connectivity index is 1.64. The van der Waals surface area contributed by atoms with E-state index in [1.54, 1.807) is 19.2 Å². The average Bonchev–Trinajstić information content (AvgIpc) is 3.00. The van der Waals surface area contributed by atoms with Gasteiger partial charge in [-0.2, -0.15) is 5.10 Å². The minimum atomic E-state index is -0.365. The van der Waals surface area contributed by atoms with Gasteiger partial charge in [-0.25, -0.2) is 4.79 Å². The molecule has 6 nitrogen and oxygen atoms in total. The molecule has 2 heterocycles. The predicted molar refractivity (Wildman–Crippen MR) is 104 cm³/mol. The number of hydrogen-bond donors (Lipinski definition) is 1. The fraction of sp³-hybridized carbons (Fsp3) is 0.222. The third-order valence-electron chi connectivity index (χ3n) is 3.52. The summed E-state index contributed by atoms with van der Waals surface area (Å²) < 4.78 is 5.01. The van der Waals surface area contributed by atoms with E-state index in [0.29, 0.717) is 21.5 Å². The first-order valence-electron chi connectivity index (χ1n) is 7.99. The van der Waals surface area contributed by atoms with Crippen LogP contribution < -0.4 is 5.32 Å². The van der Waals surface area contributed by atoms with Crippen LogP contribution in [0.1, 0.15) is 22.2 Å². The first-order chi connectivity index (χ1) is 12.6. The van der Waals surface area contributed by atoms with Crippen molar-refractivity contribution in [3.8, 4) is 0 Å². The van der Waals surface area contributed by atoms with E-state index in [1.165, 1.54) is 23.1 Å². The van der Waals surface area contributed by atoms with Crippen LogP contribution in [-0.4, -0.2) is 34.4 Å². The number of thiophene rings is 1. The summed E-state index contributed by atoms with van der Waals surface area (Å²) in [6.45, 7) is 3.90. The van der Waals surface area contributed by atoms with Crippen LogP contribution in [-0.2, 0) is 9.53 Å². The van der Waals surface area contributed by atoms with E-state index in [1.807, 2.05) is 31.2 Å². The quantitative estimate of drug-likeness (QED) is 0.510. The van der Waals surface area contributed by atoms with Crippen molar-refractivity contribution in [2.75, 3.05) is 17.7 Å². The number of ether oxygens (including phenoxy) is 1. The number of rotatable bonds is 6. The zero-order valence-electron chi connectivity index (χ0n) is 14.3. The maximum absolute atomic E-state index is 12.2. The maximum Gasteiger partial charge on any atom is 0.348 e. The molecule has 0 saturated heterocycles. The molecule has 1 amide bonds. The Morgan fingerprint density at radius 3 is 2.92 bits per heavy atom. The lowest BCUT2D eigenvalue weighted by Gasteiger charge is -2.04. The zero-order valence-corrected chi connectivity index (χ0v) is 15.9. The number of esters is 1. The summed E-state index contributed by atoms with van der Waals surface area (Å²) in [5.41, 5.74) is 0.788. The predicted octanol–water partition coefficient (Wildman–Crippen LogP) is 3.91. The third kappa shape index (κ3) is 4.20. The zero-order chi connectivity index (χ0) is 18.5. The molecule has 1 aromatic carbocycles. The largest absolute Gasteiger partial charge is 0.462 e. The Kier molecular flexibility index (Phi) is 5.85. The Bertz CT molecular complexity index is 951. The van der Waals surface area contributed by atoms with E-state index in [2.05, 4.69) is 15.5 Å². The van der Waals surface area contributed by atoms with E-state index in [-0.39, 0.29) is 17.6 Å². The first-order valence-corrected chi connectivity index (χ1v) is 9.79. The highest BCUT2D eigenvalue weighted by Crippen LogP contribution is 2.28. The molecule has 0 bridgehead atoms. The van der Waals surface area contributed by atoms with Crippen LogP contribution in [0, 0.1) is 6.92 Å². The molecular formula is C18H17N3O3S2. The number of carbonyl (C=O) groups excluding carboxylic acids is 2. The highest BCUT2D eigenvalue weighted by atomic mass is 32.2. The van der Waals surface area contributed by atoms with Crippen molar-refractivity contribution in [3.05, 3.63) is 47.0 Å². The number of thioether (sulfide) groups is 1. The fourth-order valence-electron chi connectivity index (χ4n) is 2.36. The molecule has 1 N–H and O–H groups in total. The molecule has 0 saturated carbocycles. The molecule has 0 fully saturated rings. The lowest BCUT2D eigenvalue weighted by Crippen LogP contribution is -2.13. The van der Waals surface area contributed by atoms with Crippen LogP contribution in [0.25, 0.3) is 10.8 Å². The summed E-state index contributed by atoms with van der Waals surface area (Å²) in [5, 5.41) is 14.2. The second-order valence-electron chi connectivity index (χ2n) is 5.42. The second-order valence-corrected chi connectivity index (χ2v) is 7.43. The van der Waals surface area contributed by atoms with Gasteiger partial charge in [0.15, 0.2) is 0 Å². The molecule has 0 unspecified atom stereocenters. The number of benzene rings is 1. The second kappa shape index (κ2) is 8.29. The van der Waals surface area contributed by atoms with Crippen molar-refractivity contribution >= 4 is 50.7 Å². The van der Waals surface area contributed by atoms with Gasteiger partial charge in [-0.3, -0.25) is 4.79 Å². The summed E-state index contributed by atoms with van der Waals surface area (Å²) in [7, 11) is 0. The smallest absolute Gasteiger partial charge is 0.348 e. The van der Waals surface area contributed by atoms with Gasteiger partial charge in [0.05, 0.1) is 23.6 Å². The summed E-state index contributed by atoms with van der Waals surface area (Å²) in [6.07, 6.45) is 1.70. The monoisotopic (exact) mass is 387 g/mol. The lowest BCUT2D eigenvalue weighted by molar-refractivity contribution is -0.113. The highest BCUT2D eigenvalue weighted by molar-refractivity contribution is 8.00. The number of aryl methyl sites for hydroxylation is 1. The third-order valence-corrected chi connectivity index (χ3v) is 5.63. The molecule has 0 atom stereocenters. The van der Waals surface area contributed by atoms with Gasteiger partial charge in [0.2, 0.25) is 5.91 Å². The molecule has 26 heavy (non-hydrogen) atoms. The highest BCUT2D eigenvalue weighted by Gasteiger charge is 2.16. The van der Waals surface area contributed by atoms with Gasteiger partial charge in [-0.05, 0) is 25.5 Å². The van der Waals surface area contributed by atoms with E-state index in [9.17, 15) is 9.59 Å². The Morgan fingerprint density at radius 1 is 1.31 bits per heavy atom. The van der Waals surface area contributed by atoms with Gasteiger partial charge in [-0.1, -0.05) is 36.0 Å². The molecule has 0 aliphatic carbocycles. The molecule has 2 aromatic heterocycles. The van der Waals surface area contributed by atoms with Crippen LogP contribution in [0.15, 0.2) is 41.6 Å². The van der Waals surface area contributed by atoms with Gasteiger partial charge >= 0.3 is 5.97 Å². The molecule has 0 aliphatic heterocycles. The van der Waals surface area contributed by atoms with E-state index < -0.39 is 0 Å². The van der Waals surface area contributed by atoms with Gasteiger partial charge in [-0.15, -0.1) is 16.4 Å². The number of hydrogen-bond acceptors (Lipinski definition) is 7. The molecule has 0 spiro atoms. The van der Waals surface area contributed by atoms with Crippen molar-refractivity contribution in [1.29, 1.82) is 0 Å². The summed E-state index contributed by atoms with van der Waals surface area (Å²) in [5.74, 6) is -0.328. The van der Waals surface area contributed by atoms with Crippen molar-refractivity contribution in [3.63, 3.8) is 0 Å². The molecule has 0 aliphatic rings. The first kappa shape index (κ1) is 18.3. The standard InChI is InChI=1S/C18H17N3O3S2/c1-3-24-18(23)16-11(2)8-15(26-16)20-14(22)10-25-17-13-7-5-4-6-12(13)9-19-21-17/h4-9H,3,10H2,1-2H3,(H,20,22). The van der Waals surface area contributed by atoms with Gasteiger partial charge < -0.3 is 10.1 Å². The lowest BCUT2D eigenvalue weighted by atomic mass is 10.2. The van der Waals surface area contributed by atoms with Crippen LogP contribution in [0.3, 0.4) is 0 Å². The molecule has 134 valence electrons. The number of amides is 1. The Hall–Kier alpha value is -2.45. The molecule has 3 aromatic rings. The summed E-state index contributed by atoms with van der Waals surface area (Å²) in [4.78, 5) is 24.6. The normalized spacial score (nSPS) is 10.7. The van der Waals surface area contributed by atoms with Gasteiger partial charge in [0.25, 0.3) is 0 Å². The number of carbonyl (C=O) groups is 2. The summed E-state index contributed by atoms with van der Waals surface area (Å²) >= 11 is 2.55. The van der Waals surface area contributed by atoms with Crippen LogP contribution in [0.5, 0.6) is 0 Å². The van der Waals surface area contributed by atoms with Crippen molar-refractivity contribution in [2.45, 2.75) is 18.9 Å². The minimum Gasteiger partial charge on any atom is -0.462 e. The van der Waals surface area contributed by atoms with Crippen molar-refractivity contribution in [2.24, 2.45) is 0 Å². The summed E-state index contributed by atoms with van der Waals surface area (Å²) in [6, 6.07) is 9.56. The van der Waals surface area contributed by atoms with E-state index in [0.717, 1.165) is 16.3 Å². The van der Waals surface area contributed by atoms with Gasteiger partial charge in [0.1, 0.15) is 9.90 Å². The van der Waals surface area contributed by atoms with E-state index >= 15 is 0 Å². The molecular weight excluding hydrogens is 370 g/mol. The number of nitrogens with zero attached hydrogens (tertiary/aromatic N) is 2. The van der Waals surface area contributed by atoms with E-state index in [4.69, 9.17) is 4.74 Å². The minimum absolute atomic E-state index is 0.165. The Morgan fingerprint density at radius 2 is 2.12 bits per heavy atom. The van der Waals surface area contributed by atoms with Crippen molar-refractivity contribution in [1.82, 2.24) is 10.2 Å². The van der Waals surface area contributed by atoms with Crippen LogP contribution in [0.4, 0.5) is 5.00 Å². The average molecular weight is 387 g/mol. The topological polar surface area (TPSA) is 81.2 Å². The SMILES string of the molecule is CCOC(=O)c1sc(NC(=O)CSc2nncc3ccccc23)cc1C. The van der Waals surface area contributed by atoms with Crippen molar-refractivity contribution < 1.29 is 14.3 Å².